The van der Waals surface area contributed by atoms with E-state index in [0.717, 1.165) is 18.9 Å². The standard InChI is InChI=1S/C13H23N3/c1-3-7-16-8-6-15-13(16)10-12-4-5-14-11(2)9-12/h6,8,11-12,14H,3-5,7,9-10H2,1-2H3. The van der Waals surface area contributed by atoms with Crippen molar-refractivity contribution in [3.8, 4) is 0 Å². The second kappa shape index (κ2) is 5.48. The molecule has 2 atom stereocenters. The van der Waals surface area contributed by atoms with Crippen LogP contribution < -0.4 is 5.32 Å². The third kappa shape index (κ3) is 2.85. The van der Waals surface area contributed by atoms with Crippen LogP contribution in [-0.4, -0.2) is 22.1 Å². The van der Waals surface area contributed by atoms with Gasteiger partial charge in [0.05, 0.1) is 0 Å². The number of rotatable bonds is 4. The van der Waals surface area contributed by atoms with Crippen LogP contribution in [0.2, 0.25) is 0 Å². The molecule has 2 unspecified atom stereocenters. The lowest BCUT2D eigenvalue weighted by molar-refractivity contribution is 0.307. The highest BCUT2D eigenvalue weighted by Crippen LogP contribution is 2.20. The van der Waals surface area contributed by atoms with Crippen molar-refractivity contribution in [1.82, 2.24) is 14.9 Å². The molecule has 16 heavy (non-hydrogen) atoms. The molecule has 1 fully saturated rings. The van der Waals surface area contributed by atoms with Crippen molar-refractivity contribution >= 4 is 0 Å². The maximum absolute atomic E-state index is 4.50. The van der Waals surface area contributed by atoms with Crippen LogP contribution in [0.3, 0.4) is 0 Å². The Bertz CT molecular complexity index is 319. The molecule has 0 radical (unpaired) electrons. The fourth-order valence-electron chi connectivity index (χ4n) is 2.65. The zero-order valence-corrected chi connectivity index (χ0v) is 10.4. The van der Waals surface area contributed by atoms with E-state index >= 15 is 0 Å². The van der Waals surface area contributed by atoms with Crippen LogP contribution in [0.1, 0.15) is 38.9 Å². The van der Waals surface area contributed by atoms with E-state index in [2.05, 4.69) is 34.9 Å². The second-order valence-electron chi connectivity index (χ2n) is 4.99. The van der Waals surface area contributed by atoms with Crippen molar-refractivity contribution < 1.29 is 0 Å². The van der Waals surface area contributed by atoms with Crippen molar-refractivity contribution in [2.24, 2.45) is 5.92 Å². The normalized spacial score (nSPS) is 25.9. The van der Waals surface area contributed by atoms with E-state index in [1.807, 2.05) is 6.20 Å². The van der Waals surface area contributed by atoms with E-state index < -0.39 is 0 Å². The summed E-state index contributed by atoms with van der Waals surface area (Å²) in [5, 5.41) is 3.50. The first-order valence-electron chi connectivity index (χ1n) is 6.53. The molecule has 90 valence electrons. The van der Waals surface area contributed by atoms with Crippen molar-refractivity contribution in [3.05, 3.63) is 18.2 Å². The largest absolute Gasteiger partial charge is 0.335 e. The molecule has 2 rings (SSSR count). The number of aryl methyl sites for hydroxylation is 1. The number of aromatic nitrogens is 2. The molecule has 1 N–H and O–H groups in total. The summed E-state index contributed by atoms with van der Waals surface area (Å²) in [6, 6.07) is 0.674. The molecule has 3 heteroatoms. The summed E-state index contributed by atoms with van der Waals surface area (Å²) < 4.78 is 2.31. The lowest BCUT2D eigenvalue weighted by Gasteiger charge is -2.27. The van der Waals surface area contributed by atoms with Crippen molar-refractivity contribution in [3.63, 3.8) is 0 Å². The number of piperidine rings is 1. The Labute approximate surface area is 98.3 Å². The van der Waals surface area contributed by atoms with Crippen LogP contribution in [0, 0.1) is 5.92 Å². The molecule has 1 aromatic rings. The molecule has 1 aromatic heterocycles. The quantitative estimate of drug-likeness (QED) is 0.845. The molecule has 1 aliphatic rings. The van der Waals surface area contributed by atoms with Gasteiger partial charge in [-0.05, 0) is 38.6 Å². The van der Waals surface area contributed by atoms with Gasteiger partial charge in [0.25, 0.3) is 0 Å². The highest BCUT2D eigenvalue weighted by Gasteiger charge is 2.20. The highest BCUT2D eigenvalue weighted by molar-refractivity contribution is 4.95. The molecule has 0 aliphatic carbocycles. The molecular formula is C13H23N3. The first-order chi connectivity index (χ1) is 7.79. The first-order valence-corrected chi connectivity index (χ1v) is 6.53. The molecule has 0 amide bonds. The third-order valence-electron chi connectivity index (χ3n) is 3.47. The van der Waals surface area contributed by atoms with E-state index in [9.17, 15) is 0 Å². The Balaban J connectivity index is 1.94. The highest BCUT2D eigenvalue weighted by atomic mass is 15.1. The minimum Gasteiger partial charge on any atom is -0.335 e. The van der Waals surface area contributed by atoms with E-state index in [1.54, 1.807) is 0 Å². The van der Waals surface area contributed by atoms with E-state index in [1.165, 1.54) is 31.6 Å². The maximum Gasteiger partial charge on any atom is 0.108 e. The Morgan fingerprint density at radius 1 is 1.56 bits per heavy atom. The number of hydrogen-bond donors (Lipinski definition) is 1. The Morgan fingerprint density at radius 3 is 3.19 bits per heavy atom. The molecule has 1 aliphatic heterocycles. The minimum atomic E-state index is 0.674. The molecule has 2 heterocycles. The van der Waals surface area contributed by atoms with Crippen LogP contribution in [0.25, 0.3) is 0 Å². The summed E-state index contributed by atoms with van der Waals surface area (Å²) in [5.41, 5.74) is 0. The summed E-state index contributed by atoms with van der Waals surface area (Å²) >= 11 is 0. The van der Waals surface area contributed by atoms with Gasteiger partial charge in [-0.2, -0.15) is 0 Å². The molecule has 0 spiro atoms. The monoisotopic (exact) mass is 221 g/mol. The smallest absolute Gasteiger partial charge is 0.108 e. The lowest BCUT2D eigenvalue weighted by Crippen LogP contribution is -2.36. The summed E-state index contributed by atoms with van der Waals surface area (Å²) in [6.45, 7) is 6.78. The van der Waals surface area contributed by atoms with Crippen LogP contribution in [-0.2, 0) is 13.0 Å². The Morgan fingerprint density at radius 2 is 2.44 bits per heavy atom. The van der Waals surface area contributed by atoms with Gasteiger partial charge in [-0.15, -0.1) is 0 Å². The predicted molar refractivity (Wildman–Crippen MR) is 66.4 cm³/mol. The zero-order valence-electron chi connectivity index (χ0n) is 10.4. The average Bonchev–Trinajstić information content (AvgIpc) is 2.66. The third-order valence-corrected chi connectivity index (χ3v) is 3.47. The van der Waals surface area contributed by atoms with Crippen LogP contribution in [0.5, 0.6) is 0 Å². The van der Waals surface area contributed by atoms with Gasteiger partial charge in [-0.25, -0.2) is 4.98 Å². The fraction of sp³-hybridized carbons (Fsp3) is 0.769. The number of nitrogens with one attached hydrogen (secondary N) is 1. The molecule has 0 bridgehead atoms. The lowest BCUT2D eigenvalue weighted by atomic mass is 9.90. The summed E-state index contributed by atoms with van der Waals surface area (Å²) in [4.78, 5) is 4.50. The van der Waals surface area contributed by atoms with Gasteiger partial charge in [0.1, 0.15) is 5.82 Å². The van der Waals surface area contributed by atoms with Crippen molar-refractivity contribution in [1.29, 1.82) is 0 Å². The van der Waals surface area contributed by atoms with Gasteiger partial charge in [-0.3, -0.25) is 0 Å². The minimum absolute atomic E-state index is 0.674. The van der Waals surface area contributed by atoms with E-state index in [4.69, 9.17) is 0 Å². The maximum atomic E-state index is 4.50. The number of hydrogen-bond acceptors (Lipinski definition) is 2. The topological polar surface area (TPSA) is 29.9 Å². The van der Waals surface area contributed by atoms with Gasteiger partial charge < -0.3 is 9.88 Å². The Kier molecular flexibility index (Phi) is 3.99. The van der Waals surface area contributed by atoms with Gasteiger partial charge in [0.2, 0.25) is 0 Å². The SMILES string of the molecule is CCCn1ccnc1CC1CCNC(C)C1. The number of nitrogens with zero attached hydrogens (tertiary/aromatic N) is 2. The van der Waals surface area contributed by atoms with Gasteiger partial charge >= 0.3 is 0 Å². The van der Waals surface area contributed by atoms with Gasteiger partial charge in [0, 0.05) is 31.4 Å². The van der Waals surface area contributed by atoms with Crippen molar-refractivity contribution in [2.45, 2.75) is 52.1 Å². The zero-order chi connectivity index (χ0) is 11.4. The van der Waals surface area contributed by atoms with Crippen molar-refractivity contribution in [2.75, 3.05) is 6.54 Å². The van der Waals surface area contributed by atoms with Crippen LogP contribution >= 0.6 is 0 Å². The first kappa shape index (κ1) is 11.6. The molecular weight excluding hydrogens is 198 g/mol. The fourth-order valence-corrected chi connectivity index (χ4v) is 2.65. The summed E-state index contributed by atoms with van der Waals surface area (Å²) in [7, 11) is 0. The molecule has 0 saturated carbocycles. The Hall–Kier alpha value is -0.830. The van der Waals surface area contributed by atoms with Crippen LogP contribution in [0.15, 0.2) is 12.4 Å². The molecule has 3 nitrogen and oxygen atoms in total. The van der Waals surface area contributed by atoms with Gasteiger partial charge in [-0.1, -0.05) is 6.92 Å². The summed E-state index contributed by atoms with van der Waals surface area (Å²) in [6.07, 6.45) is 8.98. The van der Waals surface area contributed by atoms with E-state index in [0.29, 0.717) is 6.04 Å². The molecule has 0 aromatic carbocycles. The van der Waals surface area contributed by atoms with Crippen LogP contribution in [0.4, 0.5) is 0 Å². The average molecular weight is 221 g/mol. The molecule has 1 saturated heterocycles. The predicted octanol–water partition coefficient (Wildman–Crippen LogP) is 2.22. The number of imidazole rings is 1. The van der Waals surface area contributed by atoms with E-state index in [-0.39, 0.29) is 0 Å². The second-order valence-corrected chi connectivity index (χ2v) is 4.99. The van der Waals surface area contributed by atoms with Gasteiger partial charge in [0.15, 0.2) is 0 Å². The summed E-state index contributed by atoms with van der Waals surface area (Å²) in [5.74, 6) is 2.09.